The summed E-state index contributed by atoms with van der Waals surface area (Å²) in [4.78, 5) is 17.4. The van der Waals surface area contributed by atoms with Gasteiger partial charge in [0.15, 0.2) is 11.0 Å². The fourth-order valence-electron chi connectivity index (χ4n) is 3.12. The van der Waals surface area contributed by atoms with Crippen molar-refractivity contribution >= 4 is 28.4 Å². The number of hydrogen-bond donors (Lipinski definition) is 0. The molecule has 0 unspecified atom stereocenters. The Hall–Kier alpha value is -2.72. The summed E-state index contributed by atoms with van der Waals surface area (Å²) in [6.07, 6.45) is 1.42. The number of ether oxygens (including phenoxy) is 1. The number of thioether (sulfide) groups is 1. The molecule has 0 spiro atoms. The highest BCUT2D eigenvalue weighted by atomic mass is 32.2. The van der Waals surface area contributed by atoms with Crippen molar-refractivity contribution in [2.24, 2.45) is 0 Å². The van der Waals surface area contributed by atoms with Crippen LogP contribution in [0.5, 0.6) is 0 Å². The third-order valence-electron chi connectivity index (χ3n) is 4.50. The molecule has 0 atom stereocenters. The zero-order chi connectivity index (χ0) is 20.2. The van der Waals surface area contributed by atoms with Gasteiger partial charge in [0, 0.05) is 26.2 Å². The number of nitrogens with zero attached hydrogens (tertiary/aromatic N) is 6. The van der Waals surface area contributed by atoms with Gasteiger partial charge >= 0.3 is 0 Å². The molecule has 0 radical (unpaired) electrons. The number of aromatic nitrogens is 6. The van der Waals surface area contributed by atoms with Crippen molar-refractivity contribution in [3.8, 4) is 0 Å². The van der Waals surface area contributed by atoms with Crippen LogP contribution in [0.3, 0.4) is 0 Å². The van der Waals surface area contributed by atoms with Crippen LogP contribution in [0.15, 0.2) is 38.7 Å². The van der Waals surface area contributed by atoms with Crippen molar-refractivity contribution in [3.63, 3.8) is 0 Å². The molecule has 0 aliphatic carbocycles. The molecule has 0 saturated heterocycles. The van der Waals surface area contributed by atoms with Gasteiger partial charge < -0.3 is 9.26 Å². The zero-order valence-electron chi connectivity index (χ0n) is 16.4. The number of fused-ring (bicyclic) bond motifs is 3. The Labute approximate surface area is 171 Å². The smallest absolute Gasteiger partial charge is 0.262 e. The van der Waals surface area contributed by atoms with Gasteiger partial charge in [-0.1, -0.05) is 36.0 Å². The van der Waals surface area contributed by atoms with E-state index in [2.05, 4.69) is 20.3 Å². The summed E-state index contributed by atoms with van der Waals surface area (Å²) in [6, 6.07) is 7.51. The molecule has 0 N–H and O–H groups in total. The molecular formula is C19H22N6O3S. The number of benzene rings is 1. The van der Waals surface area contributed by atoms with Gasteiger partial charge in [0.2, 0.25) is 11.7 Å². The van der Waals surface area contributed by atoms with Crippen LogP contribution in [-0.2, 0) is 23.5 Å². The van der Waals surface area contributed by atoms with E-state index in [0.29, 0.717) is 60.0 Å². The van der Waals surface area contributed by atoms with Crippen LogP contribution in [0.25, 0.3) is 16.7 Å². The molecule has 3 aromatic heterocycles. The van der Waals surface area contributed by atoms with Crippen LogP contribution in [0.4, 0.5) is 0 Å². The Morgan fingerprint density at radius 2 is 2.07 bits per heavy atom. The molecule has 0 aliphatic heterocycles. The van der Waals surface area contributed by atoms with Gasteiger partial charge in [0.25, 0.3) is 5.56 Å². The van der Waals surface area contributed by atoms with Crippen LogP contribution < -0.4 is 5.56 Å². The average molecular weight is 414 g/mol. The molecule has 0 saturated carbocycles. The quantitative estimate of drug-likeness (QED) is 0.304. The largest absolute Gasteiger partial charge is 0.382 e. The highest BCUT2D eigenvalue weighted by Crippen LogP contribution is 2.24. The molecule has 4 aromatic rings. The predicted octanol–water partition coefficient (Wildman–Crippen LogP) is 2.71. The van der Waals surface area contributed by atoms with E-state index in [1.54, 1.807) is 4.57 Å². The molecule has 10 heteroatoms. The molecule has 1 aromatic carbocycles. The van der Waals surface area contributed by atoms with Crippen LogP contribution >= 0.6 is 11.8 Å². The molecule has 152 valence electrons. The first kappa shape index (κ1) is 19.6. The average Bonchev–Trinajstić information content (AvgIpc) is 3.38. The molecule has 0 aliphatic rings. The normalized spacial score (nSPS) is 11.7. The second-order valence-electron chi connectivity index (χ2n) is 6.39. The lowest BCUT2D eigenvalue weighted by atomic mass is 10.2. The van der Waals surface area contributed by atoms with Gasteiger partial charge in [-0.25, -0.2) is 0 Å². The number of aryl methyl sites for hydroxylation is 2. The number of rotatable bonds is 9. The van der Waals surface area contributed by atoms with Gasteiger partial charge in [0.05, 0.1) is 16.7 Å². The first-order valence-corrected chi connectivity index (χ1v) is 10.6. The summed E-state index contributed by atoms with van der Waals surface area (Å²) in [5.74, 6) is 2.25. The molecule has 0 fully saturated rings. The lowest BCUT2D eigenvalue weighted by molar-refractivity contribution is 0.141. The van der Waals surface area contributed by atoms with E-state index in [0.717, 1.165) is 11.9 Å². The second kappa shape index (κ2) is 8.75. The Kier molecular flexibility index (Phi) is 5.91. The van der Waals surface area contributed by atoms with Crippen LogP contribution in [0.1, 0.15) is 32.0 Å². The van der Waals surface area contributed by atoms with E-state index in [1.807, 2.05) is 42.5 Å². The van der Waals surface area contributed by atoms with Crippen molar-refractivity contribution in [1.82, 2.24) is 29.3 Å². The fraction of sp³-hybridized carbons (Fsp3) is 0.421. The maximum absolute atomic E-state index is 13.0. The maximum atomic E-state index is 13.0. The van der Waals surface area contributed by atoms with E-state index < -0.39 is 0 Å². The summed E-state index contributed by atoms with van der Waals surface area (Å²) in [6.45, 7) is 5.68. The lowest BCUT2D eigenvalue weighted by Gasteiger charge is -2.11. The monoisotopic (exact) mass is 414 g/mol. The van der Waals surface area contributed by atoms with Gasteiger partial charge in [-0.05, 0) is 25.5 Å². The molecule has 0 bridgehead atoms. The topological polar surface area (TPSA) is 100 Å². The molecular weight excluding hydrogens is 392 g/mol. The molecule has 9 nitrogen and oxygen atoms in total. The third kappa shape index (κ3) is 3.90. The van der Waals surface area contributed by atoms with E-state index >= 15 is 0 Å². The third-order valence-corrected chi connectivity index (χ3v) is 5.42. The van der Waals surface area contributed by atoms with E-state index in [4.69, 9.17) is 9.26 Å². The molecule has 29 heavy (non-hydrogen) atoms. The lowest BCUT2D eigenvalue weighted by Crippen LogP contribution is -2.24. The maximum Gasteiger partial charge on any atom is 0.262 e. The van der Waals surface area contributed by atoms with E-state index in [9.17, 15) is 4.79 Å². The Morgan fingerprint density at radius 1 is 1.21 bits per heavy atom. The molecule has 0 amide bonds. The van der Waals surface area contributed by atoms with E-state index in [-0.39, 0.29) is 5.56 Å². The van der Waals surface area contributed by atoms with Gasteiger partial charge in [0.1, 0.15) is 0 Å². The summed E-state index contributed by atoms with van der Waals surface area (Å²) >= 11 is 1.46. The molecule has 4 rings (SSSR count). The summed E-state index contributed by atoms with van der Waals surface area (Å²) in [7, 11) is 0. The highest BCUT2D eigenvalue weighted by molar-refractivity contribution is 7.98. The van der Waals surface area contributed by atoms with Gasteiger partial charge in [-0.15, -0.1) is 10.2 Å². The van der Waals surface area contributed by atoms with Crippen molar-refractivity contribution in [1.29, 1.82) is 0 Å². The van der Waals surface area contributed by atoms with Gasteiger partial charge in [-0.2, -0.15) is 4.98 Å². The van der Waals surface area contributed by atoms with Crippen molar-refractivity contribution < 1.29 is 9.26 Å². The van der Waals surface area contributed by atoms with Crippen LogP contribution in [0.2, 0.25) is 0 Å². The van der Waals surface area contributed by atoms with Crippen LogP contribution in [-0.4, -0.2) is 42.5 Å². The Bertz CT molecular complexity index is 1180. The van der Waals surface area contributed by atoms with Crippen LogP contribution in [0, 0.1) is 0 Å². The predicted molar refractivity (Wildman–Crippen MR) is 109 cm³/mol. The molecule has 3 heterocycles. The van der Waals surface area contributed by atoms with Gasteiger partial charge in [-0.3, -0.25) is 13.8 Å². The minimum absolute atomic E-state index is 0.0701. The number of para-hydroxylation sites is 1. The van der Waals surface area contributed by atoms with Crippen molar-refractivity contribution in [2.45, 2.75) is 44.1 Å². The highest BCUT2D eigenvalue weighted by Gasteiger charge is 2.17. The summed E-state index contributed by atoms with van der Waals surface area (Å²) in [5.41, 5.74) is 0.711. The first-order chi connectivity index (χ1) is 14.2. The second-order valence-corrected chi connectivity index (χ2v) is 7.33. The first-order valence-electron chi connectivity index (χ1n) is 9.61. The minimum Gasteiger partial charge on any atom is -0.382 e. The van der Waals surface area contributed by atoms with E-state index in [1.165, 1.54) is 11.8 Å². The zero-order valence-corrected chi connectivity index (χ0v) is 17.2. The minimum atomic E-state index is -0.0701. The standard InChI is InChI=1S/C19H22N6O3S/c1-3-16-20-15(23-28-16)12-29-19-22-21-18-24(10-7-11-27-4-2)17(26)13-8-5-6-9-14(13)25(18)19/h5-6,8-9H,3-4,7,10-12H2,1-2H3. The van der Waals surface area contributed by atoms with Crippen molar-refractivity contribution in [2.75, 3.05) is 13.2 Å². The number of hydrogen-bond acceptors (Lipinski definition) is 8. The Balaban J connectivity index is 1.72. The van der Waals surface area contributed by atoms with Crippen molar-refractivity contribution in [3.05, 3.63) is 46.3 Å². The fourth-order valence-corrected chi connectivity index (χ4v) is 3.90. The SMILES string of the molecule is CCOCCCn1c(=O)c2ccccc2n2c(SCc3noc(CC)n3)nnc12. The summed E-state index contributed by atoms with van der Waals surface area (Å²) in [5, 5.41) is 13.9. The summed E-state index contributed by atoms with van der Waals surface area (Å²) < 4.78 is 14.2. The Morgan fingerprint density at radius 3 is 2.86 bits per heavy atom.